The number of rotatable bonds is 8. The Morgan fingerprint density at radius 3 is 2.39 bits per heavy atom. The number of benzene rings is 1. The third-order valence-corrected chi connectivity index (χ3v) is 4.89. The molecule has 2 rings (SSSR count). The van der Waals surface area contributed by atoms with Gasteiger partial charge >= 0.3 is 5.97 Å². The number of aromatic nitrogens is 1. The molecule has 2 N–H and O–H groups in total. The van der Waals surface area contributed by atoms with Crippen LogP contribution >= 0.6 is 0 Å². The number of phenols is 1. The van der Waals surface area contributed by atoms with Crippen molar-refractivity contribution in [3.8, 4) is 11.5 Å². The van der Waals surface area contributed by atoms with E-state index in [-0.39, 0.29) is 35.0 Å². The first-order valence-electron chi connectivity index (χ1n) is 9.51. The minimum absolute atomic E-state index is 0.0541. The Hall–Kier alpha value is -2.76. The molecule has 0 unspecified atom stereocenters. The number of pyridine rings is 1. The smallest absolute Gasteiger partial charge is 0.306 e. The van der Waals surface area contributed by atoms with Crippen LogP contribution in [0.15, 0.2) is 35.1 Å². The second-order valence-corrected chi connectivity index (χ2v) is 7.56. The molecule has 0 bridgehead atoms. The van der Waals surface area contributed by atoms with Crippen LogP contribution in [0.5, 0.6) is 11.5 Å². The fourth-order valence-corrected chi connectivity index (χ4v) is 3.49. The van der Waals surface area contributed by atoms with Crippen molar-refractivity contribution in [2.45, 2.75) is 52.5 Å². The topological polar surface area (TPSA) is 88.8 Å². The predicted octanol–water partition coefficient (Wildman–Crippen LogP) is 3.50. The van der Waals surface area contributed by atoms with Crippen molar-refractivity contribution in [1.29, 1.82) is 0 Å². The minimum Gasteiger partial charge on any atom is -0.508 e. The van der Waals surface area contributed by atoms with E-state index in [1.54, 1.807) is 29.7 Å². The van der Waals surface area contributed by atoms with Crippen molar-refractivity contribution in [3.63, 3.8) is 0 Å². The van der Waals surface area contributed by atoms with Gasteiger partial charge in [0.05, 0.1) is 19.1 Å². The van der Waals surface area contributed by atoms with Crippen LogP contribution in [-0.4, -0.2) is 27.9 Å². The summed E-state index contributed by atoms with van der Waals surface area (Å²) in [5, 5.41) is 19.9. The molecule has 0 radical (unpaired) electrons. The van der Waals surface area contributed by atoms with E-state index in [4.69, 9.17) is 4.74 Å². The lowest BCUT2D eigenvalue weighted by Crippen LogP contribution is -2.29. The highest BCUT2D eigenvalue weighted by molar-refractivity contribution is 5.70. The van der Waals surface area contributed by atoms with Crippen molar-refractivity contribution in [2.75, 3.05) is 7.11 Å². The van der Waals surface area contributed by atoms with E-state index in [9.17, 15) is 19.8 Å². The van der Waals surface area contributed by atoms with Crippen molar-refractivity contribution in [2.24, 2.45) is 5.92 Å². The molecule has 0 spiro atoms. The summed E-state index contributed by atoms with van der Waals surface area (Å²) in [6, 6.07) is 8.44. The van der Waals surface area contributed by atoms with Crippen LogP contribution in [0.2, 0.25) is 0 Å². The highest BCUT2D eigenvalue weighted by Gasteiger charge is 2.25. The van der Waals surface area contributed by atoms with E-state index in [0.29, 0.717) is 25.1 Å². The molecule has 0 fully saturated rings. The van der Waals surface area contributed by atoms with Crippen molar-refractivity contribution < 1.29 is 19.7 Å². The molecule has 1 aromatic carbocycles. The van der Waals surface area contributed by atoms with E-state index in [2.05, 4.69) is 0 Å². The summed E-state index contributed by atoms with van der Waals surface area (Å²) in [5.74, 6) is -0.428. The molecule has 0 amide bonds. The van der Waals surface area contributed by atoms with Gasteiger partial charge in [0.15, 0.2) is 0 Å². The average molecular weight is 387 g/mol. The molecule has 1 aromatic heterocycles. The number of methoxy groups -OCH3 is 1. The third kappa shape index (κ3) is 5.38. The van der Waals surface area contributed by atoms with E-state index >= 15 is 0 Å². The Kier molecular flexibility index (Phi) is 7.26. The second-order valence-electron chi connectivity index (χ2n) is 7.56. The average Bonchev–Trinajstić information content (AvgIpc) is 2.62. The summed E-state index contributed by atoms with van der Waals surface area (Å²) in [7, 11) is 1.32. The maximum atomic E-state index is 13.2. The third-order valence-electron chi connectivity index (χ3n) is 4.89. The molecule has 6 nitrogen and oxygen atoms in total. The molecule has 0 saturated carbocycles. The molecule has 0 aliphatic rings. The summed E-state index contributed by atoms with van der Waals surface area (Å²) in [5.41, 5.74) is 1.65. The zero-order valence-corrected chi connectivity index (χ0v) is 16.9. The predicted molar refractivity (Wildman–Crippen MR) is 108 cm³/mol. The van der Waals surface area contributed by atoms with Crippen LogP contribution in [0.4, 0.5) is 0 Å². The molecule has 0 saturated heterocycles. The maximum Gasteiger partial charge on any atom is 0.306 e. The molecule has 0 aliphatic heterocycles. The van der Waals surface area contributed by atoms with E-state index in [1.807, 2.05) is 26.0 Å². The van der Waals surface area contributed by atoms with Gasteiger partial charge in [-0.1, -0.05) is 26.0 Å². The van der Waals surface area contributed by atoms with Gasteiger partial charge in [-0.25, -0.2) is 0 Å². The summed E-state index contributed by atoms with van der Waals surface area (Å²) in [4.78, 5) is 25.0. The zero-order chi connectivity index (χ0) is 20.8. The van der Waals surface area contributed by atoms with Crippen molar-refractivity contribution >= 4 is 5.97 Å². The first-order chi connectivity index (χ1) is 13.2. The van der Waals surface area contributed by atoms with Gasteiger partial charge in [-0.05, 0) is 49.4 Å². The standard InChI is InChI=1S/C22H29NO5/c1-14(2)11-17(13-20(26)28-4)21-19(25)12-15(3)23(22(21)27)10-9-16-5-7-18(24)8-6-16/h5-8,12,14,17,24-25H,9-11,13H2,1-4H3/t17-/m1/s1. The molecule has 6 heteroatoms. The Balaban J connectivity index is 2.38. The monoisotopic (exact) mass is 387 g/mol. The zero-order valence-electron chi connectivity index (χ0n) is 16.9. The molecule has 0 aliphatic carbocycles. The van der Waals surface area contributed by atoms with E-state index < -0.39 is 11.9 Å². The number of phenolic OH excluding ortho intramolecular Hbond substituents is 1. The number of hydrogen-bond acceptors (Lipinski definition) is 5. The van der Waals surface area contributed by atoms with Gasteiger partial charge in [-0.2, -0.15) is 0 Å². The molecule has 152 valence electrons. The molecule has 28 heavy (non-hydrogen) atoms. The largest absolute Gasteiger partial charge is 0.508 e. The highest BCUT2D eigenvalue weighted by Crippen LogP contribution is 2.31. The molecule has 1 atom stereocenters. The Morgan fingerprint density at radius 2 is 1.82 bits per heavy atom. The van der Waals surface area contributed by atoms with Gasteiger partial charge in [-0.15, -0.1) is 0 Å². The number of hydrogen-bond donors (Lipinski definition) is 2. The fraction of sp³-hybridized carbons (Fsp3) is 0.455. The number of aryl methyl sites for hydroxylation is 2. The van der Waals surface area contributed by atoms with Gasteiger partial charge < -0.3 is 19.5 Å². The Labute approximate surface area is 165 Å². The van der Waals surface area contributed by atoms with Crippen LogP contribution in [-0.2, 0) is 22.5 Å². The fourth-order valence-electron chi connectivity index (χ4n) is 3.49. The van der Waals surface area contributed by atoms with Crippen LogP contribution in [0.3, 0.4) is 0 Å². The van der Waals surface area contributed by atoms with Gasteiger partial charge in [0.1, 0.15) is 11.5 Å². The SMILES string of the molecule is COC(=O)C[C@@H](CC(C)C)c1c(O)cc(C)n(CCc2ccc(O)cc2)c1=O. The van der Waals surface area contributed by atoms with Crippen molar-refractivity contribution in [1.82, 2.24) is 4.57 Å². The van der Waals surface area contributed by atoms with Crippen LogP contribution in [0.25, 0.3) is 0 Å². The lowest BCUT2D eigenvalue weighted by Gasteiger charge is -2.21. The lowest BCUT2D eigenvalue weighted by atomic mass is 9.87. The van der Waals surface area contributed by atoms with Crippen molar-refractivity contribution in [3.05, 3.63) is 57.5 Å². The normalized spacial score (nSPS) is 12.2. The summed E-state index contributed by atoms with van der Waals surface area (Å²) in [6.07, 6.45) is 1.26. The molecule has 2 aromatic rings. The molecular formula is C22H29NO5. The molecular weight excluding hydrogens is 358 g/mol. The van der Waals surface area contributed by atoms with Crippen LogP contribution in [0, 0.1) is 12.8 Å². The molecule has 1 heterocycles. The first-order valence-corrected chi connectivity index (χ1v) is 9.51. The number of carbonyl (C=O) groups excluding carboxylic acids is 1. The lowest BCUT2D eigenvalue weighted by molar-refractivity contribution is -0.141. The summed E-state index contributed by atoms with van der Waals surface area (Å²) in [6.45, 7) is 6.24. The Bertz CT molecular complexity index is 868. The number of ether oxygens (including phenoxy) is 1. The maximum absolute atomic E-state index is 13.2. The van der Waals surface area contributed by atoms with E-state index in [1.165, 1.54) is 7.11 Å². The van der Waals surface area contributed by atoms with Gasteiger partial charge in [-0.3, -0.25) is 9.59 Å². The Morgan fingerprint density at radius 1 is 1.18 bits per heavy atom. The first kappa shape index (κ1) is 21.5. The van der Waals surface area contributed by atoms with Gasteiger partial charge in [0, 0.05) is 18.2 Å². The van der Waals surface area contributed by atoms with Crippen LogP contribution in [0.1, 0.15) is 49.4 Å². The summed E-state index contributed by atoms with van der Waals surface area (Å²) < 4.78 is 6.41. The van der Waals surface area contributed by atoms with Crippen LogP contribution < -0.4 is 5.56 Å². The van der Waals surface area contributed by atoms with E-state index in [0.717, 1.165) is 5.56 Å². The number of esters is 1. The summed E-state index contributed by atoms with van der Waals surface area (Å²) >= 11 is 0. The number of carbonyl (C=O) groups is 1. The number of nitrogens with zero attached hydrogens (tertiary/aromatic N) is 1. The highest BCUT2D eigenvalue weighted by atomic mass is 16.5. The second kappa shape index (κ2) is 9.44. The minimum atomic E-state index is -0.402. The number of aromatic hydroxyl groups is 2. The van der Waals surface area contributed by atoms with Gasteiger partial charge in [0.25, 0.3) is 5.56 Å². The quantitative estimate of drug-likeness (QED) is 0.677. The van der Waals surface area contributed by atoms with Gasteiger partial charge in [0.2, 0.25) is 0 Å².